The molecule has 178 valence electrons. The van der Waals surface area contributed by atoms with E-state index in [0.717, 1.165) is 17.2 Å². The molecule has 0 aliphatic carbocycles. The van der Waals surface area contributed by atoms with E-state index >= 15 is 0 Å². The summed E-state index contributed by atoms with van der Waals surface area (Å²) in [6, 6.07) is 19.5. The Morgan fingerprint density at radius 3 is 2.32 bits per heavy atom. The lowest BCUT2D eigenvalue weighted by Crippen LogP contribution is -2.42. The van der Waals surface area contributed by atoms with Crippen molar-refractivity contribution >= 4 is 17.7 Å². The lowest BCUT2D eigenvalue weighted by molar-refractivity contribution is 0.0727. The number of carbonyl (C=O) groups is 1. The first-order valence-corrected chi connectivity index (χ1v) is 11.3. The first-order valence-electron chi connectivity index (χ1n) is 10.9. The van der Waals surface area contributed by atoms with Crippen LogP contribution in [0.15, 0.2) is 72.8 Å². The van der Waals surface area contributed by atoms with Gasteiger partial charge in [0, 0.05) is 30.7 Å². The highest BCUT2D eigenvalue weighted by molar-refractivity contribution is 6.30. The predicted octanol–water partition coefficient (Wildman–Crippen LogP) is 5.00. The molecular formula is C26H25ClF2N2O3. The van der Waals surface area contributed by atoms with E-state index in [1.165, 1.54) is 17.0 Å². The van der Waals surface area contributed by atoms with Gasteiger partial charge >= 0.3 is 6.09 Å². The molecule has 1 aliphatic rings. The molecule has 3 aromatic carbocycles. The second-order valence-corrected chi connectivity index (χ2v) is 8.83. The molecule has 34 heavy (non-hydrogen) atoms. The van der Waals surface area contributed by atoms with Gasteiger partial charge in [0.15, 0.2) is 0 Å². The molecule has 0 spiro atoms. The average Bonchev–Trinajstić information content (AvgIpc) is 3.19. The minimum atomic E-state index is -0.859. The Bertz CT molecular complexity index is 1110. The highest BCUT2D eigenvalue weighted by Gasteiger charge is 2.38. The topological polar surface area (TPSA) is 53.0 Å². The first kappa shape index (κ1) is 24.1. The maximum Gasteiger partial charge on any atom is 0.410 e. The van der Waals surface area contributed by atoms with E-state index in [-0.39, 0.29) is 26.2 Å². The van der Waals surface area contributed by atoms with Gasteiger partial charge in [-0.1, -0.05) is 54.1 Å². The van der Waals surface area contributed by atoms with E-state index in [4.69, 9.17) is 16.3 Å². The van der Waals surface area contributed by atoms with E-state index < -0.39 is 29.9 Å². The quantitative estimate of drug-likeness (QED) is 0.510. The van der Waals surface area contributed by atoms with Crippen LogP contribution in [0.1, 0.15) is 16.7 Å². The number of hydrogen-bond donors (Lipinski definition) is 1. The number of nitrogens with zero attached hydrogens (tertiary/aromatic N) is 2. The molecule has 0 saturated carbocycles. The number of β-amino-alcohol motifs (C(OH)–C–C–N with tert-alkyl or cyclic N) is 1. The molecule has 1 fully saturated rings. The zero-order valence-corrected chi connectivity index (χ0v) is 19.2. The predicted molar refractivity (Wildman–Crippen MR) is 125 cm³/mol. The van der Waals surface area contributed by atoms with Crippen molar-refractivity contribution in [2.75, 3.05) is 13.1 Å². The SMILES string of the molecule is O=C(OCc1ccccc1)N1C[C@@H](O)[C@H](N(Cc2cc(F)cc(F)c2)Cc2cccc(Cl)c2)C1. The molecule has 0 radical (unpaired) electrons. The number of carbonyl (C=O) groups excluding carboxylic acids is 1. The molecule has 0 unspecified atom stereocenters. The van der Waals surface area contributed by atoms with E-state index in [1.54, 1.807) is 12.1 Å². The van der Waals surface area contributed by atoms with Gasteiger partial charge in [0.05, 0.1) is 18.7 Å². The Labute approximate surface area is 202 Å². The highest BCUT2D eigenvalue weighted by atomic mass is 35.5. The summed E-state index contributed by atoms with van der Waals surface area (Å²) in [4.78, 5) is 16.0. The van der Waals surface area contributed by atoms with Crippen LogP contribution in [0.3, 0.4) is 0 Å². The van der Waals surface area contributed by atoms with Crippen LogP contribution in [0.5, 0.6) is 0 Å². The van der Waals surface area contributed by atoms with Crippen LogP contribution in [0, 0.1) is 11.6 Å². The summed E-state index contributed by atoms with van der Waals surface area (Å²) >= 11 is 6.13. The standard InChI is InChI=1S/C26H25ClF2N2O3/c27-21-8-4-7-19(9-21)13-30(14-20-10-22(28)12-23(29)11-20)24-15-31(16-25(24)32)26(33)34-17-18-5-2-1-3-6-18/h1-12,24-25,32H,13-17H2/t24-,25-/m1/s1. The molecule has 0 bridgehead atoms. The lowest BCUT2D eigenvalue weighted by atomic mass is 10.1. The van der Waals surface area contributed by atoms with Crippen LogP contribution in [0.2, 0.25) is 5.02 Å². The maximum atomic E-state index is 13.8. The van der Waals surface area contributed by atoms with Crippen molar-refractivity contribution in [3.8, 4) is 0 Å². The summed E-state index contributed by atoms with van der Waals surface area (Å²) < 4.78 is 33.0. The Balaban J connectivity index is 1.49. The van der Waals surface area contributed by atoms with Gasteiger partial charge < -0.3 is 14.7 Å². The molecule has 1 heterocycles. The molecule has 1 amide bonds. The number of ether oxygens (including phenoxy) is 1. The van der Waals surface area contributed by atoms with Gasteiger partial charge in [0.1, 0.15) is 18.2 Å². The van der Waals surface area contributed by atoms with Gasteiger partial charge in [-0.05, 0) is 41.0 Å². The van der Waals surface area contributed by atoms with Crippen molar-refractivity contribution in [3.05, 3.63) is 106 Å². The number of halogens is 3. The van der Waals surface area contributed by atoms with Crippen molar-refractivity contribution < 1.29 is 23.4 Å². The number of hydrogen-bond acceptors (Lipinski definition) is 4. The van der Waals surface area contributed by atoms with E-state index in [2.05, 4.69) is 0 Å². The van der Waals surface area contributed by atoms with Gasteiger partial charge in [-0.3, -0.25) is 4.90 Å². The normalized spacial score (nSPS) is 17.9. The fourth-order valence-corrected chi connectivity index (χ4v) is 4.40. The minimum absolute atomic E-state index is 0.0991. The van der Waals surface area contributed by atoms with Gasteiger partial charge in [0.2, 0.25) is 0 Å². The van der Waals surface area contributed by atoms with E-state index in [9.17, 15) is 18.7 Å². The third-order valence-corrected chi connectivity index (χ3v) is 6.01. The van der Waals surface area contributed by atoms with Crippen LogP contribution in [0.4, 0.5) is 13.6 Å². The van der Waals surface area contributed by atoms with Crippen LogP contribution < -0.4 is 0 Å². The van der Waals surface area contributed by atoms with Gasteiger partial charge in [-0.25, -0.2) is 13.6 Å². The fraction of sp³-hybridized carbons (Fsp3) is 0.269. The van der Waals surface area contributed by atoms with Gasteiger partial charge in [-0.2, -0.15) is 0 Å². The lowest BCUT2D eigenvalue weighted by Gasteiger charge is -2.31. The molecule has 4 rings (SSSR count). The first-order chi connectivity index (χ1) is 16.4. The average molecular weight is 487 g/mol. The smallest absolute Gasteiger partial charge is 0.410 e. The number of benzene rings is 3. The van der Waals surface area contributed by atoms with Crippen molar-refractivity contribution in [1.29, 1.82) is 0 Å². The van der Waals surface area contributed by atoms with Crippen molar-refractivity contribution in [1.82, 2.24) is 9.80 Å². The van der Waals surface area contributed by atoms with Crippen LogP contribution in [-0.2, 0) is 24.4 Å². The summed E-state index contributed by atoms with van der Waals surface area (Å²) in [5.41, 5.74) is 2.17. The number of likely N-dealkylation sites (tertiary alicyclic amines) is 1. The Morgan fingerprint density at radius 2 is 1.62 bits per heavy atom. The van der Waals surface area contributed by atoms with Crippen molar-refractivity contribution in [2.45, 2.75) is 31.8 Å². The summed E-state index contributed by atoms with van der Waals surface area (Å²) in [6.07, 6.45) is -1.38. The van der Waals surface area contributed by atoms with Crippen molar-refractivity contribution in [2.24, 2.45) is 0 Å². The summed E-state index contributed by atoms with van der Waals surface area (Å²) in [5.74, 6) is -1.34. The van der Waals surface area contributed by atoms with Crippen LogP contribution in [-0.4, -0.2) is 46.2 Å². The molecular weight excluding hydrogens is 462 g/mol. The molecule has 1 N–H and O–H groups in total. The van der Waals surface area contributed by atoms with Crippen LogP contribution in [0.25, 0.3) is 0 Å². The molecule has 0 aromatic heterocycles. The second kappa shape index (κ2) is 11.0. The highest BCUT2D eigenvalue weighted by Crippen LogP contribution is 2.24. The zero-order valence-electron chi connectivity index (χ0n) is 18.4. The largest absolute Gasteiger partial charge is 0.445 e. The minimum Gasteiger partial charge on any atom is -0.445 e. The Morgan fingerprint density at radius 1 is 0.941 bits per heavy atom. The monoisotopic (exact) mass is 486 g/mol. The molecule has 8 heteroatoms. The van der Waals surface area contributed by atoms with Gasteiger partial charge in [-0.15, -0.1) is 0 Å². The maximum absolute atomic E-state index is 13.8. The third kappa shape index (κ3) is 6.32. The number of aliphatic hydroxyl groups excluding tert-OH is 1. The Kier molecular flexibility index (Phi) is 7.77. The summed E-state index contributed by atoms with van der Waals surface area (Å²) in [5, 5.41) is 11.4. The fourth-order valence-electron chi connectivity index (χ4n) is 4.18. The number of amides is 1. The summed E-state index contributed by atoms with van der Waals surface area (Å²) in [7, 11) is 0. The summed E-state index contributed by atoms with van der Waals surface area (Å²) in [6.45, 7) is 0.990. The van der Waals surface area contributed by atoms with Crippen LogP contribution >= 0.6 is 11.6 Å². The Hall–Kier alpha value is -3.00. The van der Waals surface area contributed by atoms with Crippen molar-refractivity contribution in [3.63, 3.8) is 0 Å². The van der Waals surface area contributed by atoms with Gasteiger partial charge in [0.25, 0.3) is 0 Å². The third-order valence-electron chi connectivity index (χ3n) is 5.77. The molecule has 5 nitrogen and oxygen atoms in total. The second-order valence-electron chi connectivity index (χ2n) is 8.39. The number of aliphatic hydroxyl groups is 1. The van der Waals surface area contributed by atoms with E-state index in [1.807, 2.05) is 47.4 Å². The molecule has 1 aliphatic heterocycles. The molecule has 1 saturated heterocycles. The number of rotatable bonds is 7. The zero-order chi connectivity index (χ0) is 24.1. The van der Waals surface area contributed by atoms with E-state index in [0.29, 0.717) is 17.1 Å². The molecule has 3 aromatic rings. The molecule has 2 atom stereocenters.